The lowest BCUT2D eigenvalue weighted by Gasteiger charge is -2.19. The minimum atomic E-state index is -1.29. The van der Waals surface area contributed by atoms with Gasteiger partial charge in [0.1, 0.15) is 6.04 Å². The largest absolute Gasteiger partial charge is 0.504 e. The van der Waals surface area contributed by atoms with Crippen LogP contribution in [0.3, 0.4) is 0 Å². The Morgan fingerprint density at radius 2 is 1.94 bits per heavy atom. The van der Waals surface area contributed by atoms with Crippen molar-refractivity contribution in [3.05, 3.63) is 21.2 Å². The van der Waals surface area contributed by atoms with Crippen molar-refractivity contribution in [2.24, 2.45) is 5.73 Å². The molecule has 0 bridgehead atoms. The van der Waals surface area contributed by atoms with Gasteiger partial charge in [-0.1, -0.05) is 15.9 Å². The van der Waals surface area contributed by atoms with Crippen molar-refractivity contribution >= 4 is 21.9 Å². The monoisotopic (exact) mass is 303 g/mol. The second kappa shape index (κ2) is 4.93. The number of carboxylic acid groups (broad SMARTS) is 1. The number of aromatic hydroxyl groups is 1. The molecule has 0 aromatic heterocycles. The van der Waals surface area contributed by atoms with E-state index < -0.39 is 12.0 Å². The maximum absolute atomic E-state index is 10.9. The standard InChI is InChI=1S/C11H14BrNO4/c1-4-6(8(13)11(15)16)9(14)10(17-3)5(2)7(4)12/h8,14H,13H2,1-3H3,(H,15,16). The maximum Gasteiger partial charge on any atom is 0.325 e. The van der Waals surface area contributed by atoms with Crippen molar-refractivity contribution in [3.63, 3.8) is 0 Å². The number of phenols is 1. The summed E-state index contributed by atoms with van der Waals surface area (Å²) in [6, 6.07) is -1.29. The number of hydrogen-bond donors (Lipinski definition) is 3. The van der Waals surface area contributed by atoms with Crippen molar-refractivity contribution in [3.8, 4) is 11.5 Å². The minimum absolute atomic E-state index is 0.159. The molecule has 0 aliphatic rings. The molecule has 17 heavy (non-hydrogen) atoms. The Bertz CT molecular complexity index is 473. The Morgan fingerprint density at radius 1 is 1.41 bits per heavy atom. The van der Waals surface area contributed by atoms with E-state index in [0.717, 1.165) is 0 Å². The first-order chi connectivity index (χ1) is 7.82. The van der Waals surface area contributed by atoms with Gasteiger partial charge in [-0.25, -0.2) is 0 Å². The zero-order valence-electron chi connectivity index (χ0n) is 9.74. The third-order valence-electron chi connectivity index (χ3n) is 2.65. The first-order valence-corrected chi connectivity index (χ1v) is 5.66. The van der Waals surface area contributed by atoms with Gasteiger partial charge < -0.3 is 20.7 Å². The highest BCUT2D eigenvalue weighted by molar-refractivity contribution is 9.10. The molecule has 0 radical (unpaired) electrons. The summed E-state index contributed by atoms with van der Waals surface area (Å²) in [4.78, 5) is 10.9. The van der Waals surface area contributed by atoms with Crippen molar-refractivity contribution < 1.29 is 19.7 Å². The Hall–Kier alpha value is -1.27. The number of aliphatic carboxylic acids is 1. The number of carboxylic acids is 1. The smallest absolute Gasteiger partial charge is 0.325 e. The Morgan fingerprint density at radius 3 is 2.35 bits per heavy atom. The fourth-order valence-corrected chi connectivity index (χ4v) is 2.12. The van der Waals surface area contributed by atoms with Crippen LogP contribution in [-0.4, -0.2) is 23.3 Å². The molecule has 0 aliphatic heterocycles. The summed E-state index contributed by atoms with van der Waals surface area (Å²) in [6.45, 7) is 3.44. The molecular formula is C11H14BrNO4. The molecule has 1 aromatic carbocycles. The lowest BCUT2D eigenvalue weighted by molar-refractivity contribution is -0.138. The van der Waals surface area contributed by atoms with Crippen molar-refractivity contribution in [2.45, 2.75) is 19.9 Å². The van der Waals surface area contributed by atoms with Gasteiger partial charge >= 0.3 is 5.97 Å². The SMILES string of the molecule is COc1c(C)c(Br)c(C)c(C(N)C(=O)O)c1O. The number of hydrogen-bond acceptors (Lipinski definition) is 4. The van der Waals surface area contributed by atoms with Gasteiger partial charge in [-0.3, -0.25) is 4.79 Å². The Labute approximate surface area is 107 Å². The van der Waals surface area contributed by atoms with E-state index in [9.17, 15) is 9.90 Å². The first kappa shape index (κ1) is 13.8. The molecule has 5 nitrogen and oxygen atoms in total. The zero-order chi connectivity index (χ0) is 13.3. The van der Waals surface area contributed by atoms with Crippen LogP contribution >= 0.6 is 15.9 Å². The van der Waals surface area contributed by atoms with E-state index in [4.69, 9.17) is 15.6 Å². The van der Waals surface area contributed by atoms with Gasteiger partial charge in [-0.2, -0.15) is 0 Å². The van der Waals surface area contributed by atoms with Gasteiger partial charge in [-0.15, -0.1) is 0 Å². The molecule has 1 unspecified atom stereocenters. The van der Waals surface area contributed by atoms with E-state index in [1.54, 1.807) is 13.8 Å². The zero-order valence-corrected chi connectivity index (χ0v) is 11.3. The third-order valence-corrected chi connectivity index (χ3v) is 3.84. The molecule has 0 amide bonds. The van der Waals surface area contributed by atoms with Gasteiger partial charge in [0.15, 0.2) is 11.5 Å². The average molecular weight is 304 g/mol. The topological polar surface area (TPSA) is 92.8 Å². The first-order valence-electron chi connectivity index (χ1n) is 4.86. The summed E-state index contributed by atoms with van der Waals surface area (Å²) in [6.07, 6.45) is 0. The fraction of sp³-hybridized carbons (Fsp3) is 0.364. The number of benzene rings is 1. The van der Waals surface area contributed by atoms with Crippen LogP contribution in [0.5, 0.6) is 11.5 Å². The Balaban J connectivity index is 3.61. The van der Waals surface area contributed by atoms with Crippen LogP contribution in [0.2, 0.25) is 0 Å². The second-order valence-electron chi connectivity index (χ2n) is 3.68. The molecule has 1 aromatic rings. The van der Waals surface area contributed by atoms with Gasteiger partial charge in [0.05, 0.1) is 7.11 Å². The van der Waals surface area contributed by atoms with Crippen molar-refractivity contribution in [1.82, 2.24) is 0 Å². The van der Waals surface area contributed by atoms with E-state index in [-0.39, 0.29) is 17.1 Å². The normalized spacial score (nSPS) is 12.3. The number of nitrogens with two attached hydrogens (primary N) is 1. The molecule has 1 rings (SSSR count). The second-order valence-corrected chi connectivity index (χ2v) is 4.47. The van der Waals surface area contributed by atoms with Crippen LogP contribution in [0, 0.1) is 13.8 Å². The predicted octanol–water partition coefficient (Wildman–Crippen LogP) is 1.86. The summed E-state index contributed by atoms with van der Waals surface area (Å²) >= 11 is 3.33. The summed E-state index contributed by atoms with van der Waals surface area (Å²) < 4.78 is 5.73. The van der Waals surface area contributed by atoms with Crippen molar-refractivity contribution in [2.75, 3.05) is 7.11 Å². The van der Waals surface area contributed by atoms with Crippen LogP contribution < -0.4 is 10.5 Å². The quantitative estimate of drug-likeness (QED) is 0.792. The molecule has 0 spiro atoms. The summed E-state index contributed by atoms with van der Waals surface area (Å²) in [5.41, 5.74) is 7.00. The number of ether oxygens (including phenoxy) is 1. The van der Waals surface area contributed by atoms with Crippen LogP contribution in [0.1, 0.15) is 22.7 Å². The highest BCUT2D eigenvalue weighted by atomic mass is 79.9. The van der Waals surface area contributed by atoms with Crippen LogP contribution in [-0.2, 0) is 4.79 Å². The molecular weight excluding hydrogens is 290 g/mol. The molecule has 0 fully saturated rings. The van der Waals surface area contributed by atoms with Gasteiger partial charge in [0, 0.05) is 15.6 Å². The summed E-state index contributed by atoms with van der Waals surface area (Å²) in [5, 5.41) is 18.9. The molecule has 94 valence electrons. The number of carbonyl (C=O) groups is 1. The maximum atomic E-state index is 10.9. The number of rotatable bonds is 3. The molecule has 1 atom stereocenters. The molecule has 0 aliphatic carbocycles. The molecule has 4 N–H and O–H groups in total. The third kappa shape index (κ3) is 2.23. The summed E-state index contributed by atoms with van der Waals surface area (Å²) in [5.74, 6) is -1.20. The van der Waals surface area contributed by atoms with Gasteiger partial charge in [0.2, 0.25) is 0 Å². The van der Waals surface area contributed by atoms with Gasteiger partial charge in [0.25, 0.3) is 0 Å². The van der Waals surface area contributed by atoms with E-state index in [1.807, 2.05) is 0 Å². The minimum Gasteiger partial charge on any atom is -0.504 e. The van der Waals surface area contributed by atoms with Crippen molar-refractivity contribution in [1.29, 1.82) is 0 Å². The lowest BCUT2D eigenvalue weighted by atomic mass is 9.97. The molecule has 0 heterocycles. The molecule has 0 saturated heterocycles. The molecule has 6 heteroatoms. The number of methoxy groups -OCH3 is 1. The highest BCUT2D eigenvalue weighted by Crippen LogP contribution is 2.43. The number of halogens is 1. The highest BCUT2D eigenvalue weighted by Gasteiger charge is 2.26. The van der Waals surface area contributed by atoms with E-state index in [1.165, 1.54) is 7.11 Å². The fourth-order valence-electron chi connectivity index (χ4n) is 1.73. The van der Waals surface area contributed by atoms with E-state index in [0.29, 0.717) is 15.6 Å². The van der Waals surface area contributed by atoms with E-state index >= 15 is 0 Å². The van der Waals surface area contributed by atoms with Crippen LogP contribution in [0.15, 0.2) is 4.47 Å². The van der Waals surface area contributed by atoms with E-state index in [2.05, 4.69) is 15.9 Å². The molecule has 0 saturated carbocycles. The predicted molar refractivity (Wildman–Crippen MR) is 66.4 cm³/mol. The summed E-state index contributed by atoms with van der Waals surface area (Å²) in [7, 11) is 1.40. The van der Waals surface area contributed by atoms with Crippen LogP contribution in [0.4, 0.5) is 0 Å². The van der Waals surface area contributed by atoms with Crippen LogP contribution in [0.25, 0.3) is 0 Å². The average Bonchev–Trinajstić information content (AvgIpc) is 2.27. The number of phenolic OH excluding ortho intramolecular Hbond substituents is 1. The lowest BCUT2D eigenvalue weighted by Crippen LogP contribution is -2.22. The Kier molecular flexibility index (Phi) is 4.00. The van der Waals surface area contributed by atoms with Gasteiger partial charge in [-0.05, 0) is 19.4 Å².